The minimum absolute atomic E-state index is 0.0207. The van der Waals surface area contributed by atoms with E-state index >= 15 is 0 Å². The third-order valence-electron chi connectivity index (χ3n) is 4.25. The Morgan fingerprint density at radius 2 is 1.75 bits per heavy atom. The van der Waals surface area contributed by atoms with Gasteiger partial charge in [0.15, 0.2) is 0 Å². The van der Waals surface area contributed by atoms with Crippen LogP contribution < -0.4 is 0 Å². The molecule has 2 heteroatoms. The van der Waals surface area contributed by atoms with Crippen molar-refractivity contribution in [1.29, 1.82) is 0 Å². The predicted octanol–water partition coefficient (Wildman–Crippen LogP) is 3.22. The summed E-state index contributed by atoms with van der Waals surface area (Å²) in [6, 6.07) is 0. The van der Waals surface area contributed by atoms with Crippen molar-refractivity contribution in [3.05, 3.63) is 0 Å². The molecule has 0 fully saturated rings. The molecule has 0 saturated carbocycles. The zero-order valence-corrected chi connectivity index (χ0v) is 11.5. The topological polar surface area (TPSA) is 40.5 Å². The Balaban J connectivity index is 4.80. The third kappa shape index (κ3) is 3.74. The van der Waals surface area contributed by atoms with Crippen LogP contribution in [0.5, 0.6) is 0 Å². The van der Waals surface area contributed by atoms with E-state index in [0.29, 0.717) is 5.92 Å². The fourth-order valence-corrected chi connectivity index (χ4v) is 3.03. The molecule has 0 radical (unpaired) electrons. The Labute approximate surface area is 101 Å². The van der Waals surface area contributed by atoms with Crippen molar-refractivity contribution in [1.82, 2.24) is 0 Å². The Kier molecular flexibility index (Phi) is 8.04. The summed E-state index contributed by atoms with van der Waals surface area (Å²) >= 11 is 0. The first-order valence-electron chi connectivity index (χ1n) is 6.83. The summed E-state index contributed by atoms with van der Waals surface area (Å²) in [7, 11) is 0. The van der Waals surface area contributed by atoms with Crippen LogP contribution in [0.15, 0.2) is 0 Å². The average Bonchev–Trinajstić information content (AvgIpc) is 2.34. The molecule has 0 spiro atoms. The number of unbranched alkanes of at least 4 members (excludes halogenated alkanes) is 1. The van der Waals surface area contributed by atoms with Crippen molar-refractivity contribution >= 4 is 0 Å². The molecule has 0 rings (SSSR count). The lowest BCUT2D eigenvalue weighted by molar-refractivity contribution is 0.00133. The molecule has 0 aromatic heterocycles. The van der Waals surface area contributed by atoms with Gasteiger partial charge in [0.2, 0.25) is 0 Å². The molecule has 0 aliphatic heterocycles. The highest BCUT2D eigenvalue weighted by Gasteiger charge is 2.37. The Bertz CT molecular complexity index is 164. The van der Waals surface area contributed by atoms with Gasteiger partial charge in [-0.1, -0.05) is 47.0 Å². The van der Waals surface area contributed by atoms with Crippen LogP contribution >= 0.6 is 0 Å². The Hall–Kier alpha value is -0.0800. The number of aliphatic hydroxyl groups excluding tert-OH is 2. The molecule has 3 unspecified atom stereocenters. The smallest absolute Gasteiger partial charge is 0.0490 e. The van der Waals surface area contributed by atoms with Crippen molar-refractivity contribution in [3.8, 4) is 0 Å². The highest BCUT2D eigenvalue weighted by atomic mass is 16.3. The van der Waals surface area contributed by atoms with Crippen molar-refractivity contribution in [2.45, 2.75) is 59.8 Å². The Morgan fingerprint density at radius 3 is 2.06 bits per heavy atom. The zero-order chi connectivity index (χ0) is 12.6. The second kappa shape index (κ2) is 8.08. The number of hydrogen-bond acceptors (Lipinski definition) is 2. The van der Waals surface area contributed by atoms with Gasteiger partial charge in [0.25, 0.3) is 0 Å². The van der Waals surface area contributed by atoms with E-state index in [1.165, 1.54) is 12.8 Å². The summed E-state index contributed by atoms with van der Waals surface area (Å²) in [4.78, 5) is 0. The molecule has 16 heavy (non-hydrogen) atoms. The van der Waals surface area contributed by atoms with Gasteiger partial charge in [-0.05, 0) is 30.1 Å². The molecule has 0 heterocycles. The maximum Gasteiger partial charge on any atom is 0.0490 e. The average molecular weight is 230 g/mol. The van der Waals surface area contributed by atoms with E-state index in [9.17, 15) is 10.2 Å². The van der Waals surface area contributed by atoms with Gasteiger partial charge in [0.05, 0.1) is 0 Å². The van der Waals surface area contributed by atoms with Crippen molar-refractivity contribution in [3.63, 3.8) is 0 Å². The van der Waals surface area contributed by atoms with Gasteiger partial charge in [-0.15, -0.1) is 0 Å². The van der Waals surface area contributed by atoms with Gasteiger partial charge < -0.3 is 10.2 Å². The van der Waals surface area contributed by atoms with E-state index < -0.39 is 0 Å². The highest BCUT2D eigenvalue weighted by molar-refractivity contribution is 4.87. The lowest BCUT2D eigenvalue weighted by Gasteiger charge is -2.41. The second-order valence-electron chi connectivity index (χ2n) is 5.15. The number of rotatable bonds is 9. The van der Waals surface area contributed by atoms with Gasteiger partial charge in [-0.3, -0.25) is 0 Å². The summed E-state index contributed by atoms with van der Waals surface area (Å²) in [5, 5.41) is 19.1. The van der Waals surface area contributed by atoms with Crippen molar-refractivity contribution in [2.75, 3.05) is 13.2 Å². The van der Waals surface area contributed by atoms with Gasteiger partial charge in [0.1, 0.15) is 0 Å². The van der Waals surface area contributed by atoms with Crippen LogP contribution in [-0.2, 0) is 0 Å². The fourth-order valence-electron chi connectivity index (χ4n) is 3.03. The maximum absolute atomic E-state index is 9.77. The molecule has 0 aromatic rings. The summed E-state index contributed by atoms with van der Waals surface area (Å²) < 4.78 is 0. The first kappa shape index (κ1) is 15.9. The largest absolute Gasteiger partial charge is 0.396 e. The second-order valence-corrected chi connectivity index (χ2v) is 5.15. The Morgan fingerprint density at radius 1 is 1.12 bits per heavy atom. The molecule has 0 aliphatic rings. The minimum Gasteiger partial charge on any atom is -0.396 e. The van der Waals surface area contributed by atoms with E-state index in [4.69, 9.17) is 0 Å². The highest BCUT2D eigenvalue weighted by Crippen LogP contribution is 2.42. The van der Waals surface area contributed by atoms with Crippen LogP contribution in [0.3, 0.4) is 0 Å². The summed E-state index contributed by atoms with van der Waals surface area (Å²) in [6.45, 7) is 9.11. The third-order valence-corrected chi connectivity index (χ3v) is 4.25. The predicted molar refractivity (Wildman–Crippen MR) is 69.4 cm³/mol. The molecule has 0 bridgehead atoms. The van der Waals surface area contributed by atoms with Gasteiger partial charge in [-0.2, -0.15) is 0 Å². The molecule has 2 N–H and O–H groups in total. The fraction of sp³-hybridized carbons (Fsp3) is 1.00. The molecular formula is C14H30O2. The maximum atomic E-state index is 9.77. The van der Waals surface area contributed by atoms with Gasteiger partial charge in [-0.25, -0.2) is 0 Å². The first-order valence-corrected chi connectivity index (χ1v) is 6.83. The van der Waals surface area contributed by atoms with Crippen LogP contribution in [0.2, 0.25) is 0 Å². The van der Waals surface area contributed by atoms with Gasteiger partial charge in [0, 0.05) is 13.2 Å². The summed E-state index contributed by atoms with van der Waals surface area (Å²) in [5.41, 5.74) is 0.0207. The minimum atomic E-state index is 0.0207. The lowest BCUT2D eigenvalue weighted by atomic mass is 9.65. The molecule has 0 aromatic carbocycles. The van der Waals surface area contributed by atoms with Crippen LogP contribution in [0.4, 0.5) is 0 Å². The van der Waals surface area contributed by atoms with E-state index in [0.717, 1.165) is 19.3 Å². The van der Waals surface area contributed by atoms with Crippen LogP contribution in [0.1, 0.15) is 59.8 Å². The van der Waals surface area contributed by atoms with E-state index in [1.54, 1.807) is 0 Å². The standard InChI is InChI=1S/C14H30O2/c1-5-8-9-14(7-3,11-16)13(6-2)12(4)10-15/h12-13,15-16H,5-11H2,1-4H3. The normalized spacial score (nSPS) is 19.1. The van der Waals surface area contributed by atoms with E-state index in [2.05, 4.69) is 27.7 Å². The molecule has 98 valence electrons. The molecule has 0 amide bonds. The van der Waals surface area contributed by atoms with E-state index in [-0.39, 0.29) is 24.5 Å². The summed E-state index contributed by atoms with van der Waals surface area (Å²) in [5.74, 6) is 0.716. The molecule has 0 saturated heterocycles. The van der Waals surface area contributed by atoms with Crippen LogP contribution in [0.25, 0.3) is 0 Å². The molecule has 3 atom stereocenters. The monoisotopic (exact) mass is 230 g/mol. The molecular weight excluding hydrogens is 200 g/mol. The molecule has 0 aliphatic carbocycles. The quantitative estimate of drug-likeness (QED) is 0.638. The SMILES string of the molecule is CCCCC(CC)(CO)C(CC)C(C)CO. The van der Waals surface area contributed by atoms with Gasteiger partial charge >= 0.3 is 0 Å². The van der Waals surface area contributed by atoms with Crippen LogP contribution in [0, 0.1) is 17.3 Å². The van der Waals surface area contributed by atoms with Crippen molar-refractivity contribution < 1.29 is 10.2 Å². The van der Waals surface area contributed by atoms with E-state index in [1.807, 2.05) is 0 Å². The zero-order valence-electron chi connectivity index (χ0n) is 11.5. The number of hydrogen-bond donors (Lipinski definition) is 2. The summed E-state index contributed by atoms with van der Waals surface area (Å²) in [6.07, 6.45) is 5.47. The number of aliphatic hydroxyl groups is 2. The first-order chi connectivity index (χ1) is 7.61. The molecule has 2 nitrogen and oxygen atoms in total. The van der Waals surface area contributed by atoms with Crippen LogP contribution in [-0.4, -0.2) is 23.4 Å². The van der Waals surface area contributed by atoms with Crippen molar-refractivity contribution in [2.24, 2.45) is 17.3 Å². The lowest BCUT2D eigenvalue weighted by Crippen LogP contribution is -2.38.